The van der Waals surface area contributed by atoms with Crippen LogP contribution in [0.25, 0.3) is 0 Å². The molecule has 0 radical (unpaired) electrons. The van der Waals surface area contributed by atoms with Gasteiger partial charge in [0.1, 0.15) is 0 Å². The van der Waals surface area contributed by atoms with Crippen molar-refractivity contribution in [2.24, 2.45) is 5.92 Å². The Hall–Kier alpha value is -0.630. The lowest BCUT2D eigenvalue weighted by Gasteiger charge is -2.10. The van der Waals surface area contributed by atoms with Crippen LogP contribution in [0.15, 0.2) is 24.3 Å². The first kappa shape index (κ1) is 12.8. The minimum atomic E-state index is -3.01. The fraction of sp³-hybridized carbons (Fsp3) is 0.364. The molecule has 1 aliphatic heterocycles. The van der Waals surface area contributed by atoms with Gasteiger partial charge in [-0.1, -0.05) is 12.1 Å². The topological polar surface area (TPSA) is 63.2 Å². The minimum Gasteiger partial charge on any atom is -0.325 e. The molecule has 0 aliphatic carbocycles. The van der Waals surface area contributed by atoms with Gasteiger partial charge in [-0.05, 0) is 41.1 Å². The molecular weight excluding hydrogens is 353 g/mol. The quantitative estimate of drug-likeness (QED) is 0.811. The molecule has 1 unspecified atom stereocenters. The second-order valence-electron chi connectivity index (χ2n) is 4.07. The summed E-state index contributed by atoms with van der Waals surface area (Å²) < 4.78 is 23.5. The Labute approximate surface area is 114 Å². The lowest BCUT2D eigenvalue weighted by atomic mass is 10.1. The third kappa shape index (κ3) is 3.19. The summed E-state index contributed by atoms with van der Waals surface area (Å²) in [6.45, 7) is 0. The number of carbonyl (C=O) groups is 1. The van der Waals surface area contributed by atoms with E-state index in [-0.39, 0.29) is 17.4 Å². The highest BCUT2D eigenvalue weighted by Crippen LogP contribution is 2.22. The van der Waals surface area contributed by atoms with E-state index >= 15 is 0 Å². The molecule has 1 aromatic carbocycles. The van der Waals surface area contributed by atoms with Gasteiger partial charge in [-0.2, -0.15) is 0 Å². The van der Waals surface area contributed by atoms with Crippen molar-refractivity contribution in [3.63, 3.8) is 0 Å². The van der Waals surface area contributed by atoms with Crippen LogP contribution < -0.4 is 5.32 Å². The first-order valence-electron chi connectivity index (χ1n) is 5.24. The molecule has 1 aliphatic rings. The highest BCUT2D eigenvalue weighted by molar-refractivity contribution is 14.1. The minimum absolute atomic E-state index is 0.0255. The Morgan fingerprint density at radius 3 is 2.65 bits per heavy atom. The molecule has 0 bridgehead atoms. The van der Waals surface area contributed by atoms with Gasteiger partial charge in [0.05, 0.1) is 23.1 Å². The number of benzene rings is 1. The second kappa shape index (κ2) is 4.93. The van der Waals surface area contributed by atoms with Gasteiger partial charge in [0.25, 0.3) is 0 Å². The molecule has 1 N–H and O–H groups in total. The van der Waals surface area contributed by atoms with Gasteiger partial charge in [-0.15, -0.1) is 0 Å². The predicted molar refractivity (Wildman–Crippen MR) is 74.5 cm³/mol. The first-order valence-corrected chi connectivity index (χ1v) is 8.14. The molecular formula is C11H12INO3S. The Balaban J connectivity index is 2.06. The van der Waals surface area contributed by atoms with E-state index in [2.05, 4.69) is 27.9 Å². The van der Waals surface area contributed by atoms with E-state index in [9.17, 15) is 13.2 Å². The van der Waals surface area contributed by atoms with Crippen LogP contribution in [0.3, 0.4) is 0 Å². The fourth-order valence-electron chi connectivity index (χ4n) is 1.80. The largest absolute Gasteiger partial charge is 0.325 e. The van der Waals surface area contributed by atoms with E-state index in [1.165, 1.54) is 0 Å². The summed E-state index contributed by atoms with van der Waals surface area (Å²) in [6.07, 6.45) is 0.428. The van der Waals surface area contributed by atoms with Crippen LogP contribution in [0.4, 0.5) is 5.69 Å². The molecule has 1 amide bonds. The van der Waals surface area contributed by atoms with E-state index < -0.39 is 15.8 Å². The first-order chi connectivity index (χ1) is 7.98. The van der Waals surface area contributed by atoms with Crippen molar-refractivity contribution in [3.05, 3.63) is 27.8 Å². The number of hydrogen-bond acceptors (Lipinski definition) is 3. The van der Waals surface area contributed by atoms with Crippen LogP contribution in [0.2, 0.25) is 0 Å². The van der Waals surface area contributed by atoms with Crippen molar-refractivity contribution in [3.8, 4) is 0 Å². The average molecular weight is 365 g/mol. The SMILES string of the molecule is O=C(Nc1ccccc1I)C1CCS(=O)(=O)C1. The van der Waals surface area contributed by atoms with Crippen LogP contribution in [0, 0.1) is 9.49 Å². The molecule has 0 saturated carbocycles. The summed E-state index contributed by atoms with van der Waals surface area (Å²) >= 11 is 2.13. The number of anilines is 1. The molecule has 17 heavy (non-hydrogen) atoms. The molecule has 6 heteroatoms. The van der Waals surface area contributed by atoms with E-state index in [1.807, 2.05) is 24.3 Å². The number of rotatable bonds is 2. The number of nitrogens with one attached hydrogen (secondary N) is 1. The fourth-order valence-corrected chi connectivity index (χ4v) is 4.06. The summed E-state index contributed by atoms with van der Waals surface area (Å²) in [5, 5.41) is 2.78. The van der Waals surface area contributed by atoms with Gasteiger partial charge in [-0.25, -0.2) is 8.42 Å². The Bertz CT molecular complexity index is 541. The van der Waals surface area contributed by atoms with Crippen molar-refractivity contribution >= 4 is 44.0 Å². The van der Waals surface area contributed by atoms with Gasteiger partial charge in [0.2, 0.25) is 5.91 Å². The van der Waals surface area contributed by atoms with Crippen molar-refractivity contribution in [2.75, 3.05) is 16.8 Å². The van der Waals surface area contributed by atoms with Crippen LogP contribution in [-0.2, 0) is 14.6 Å². The average Bonchev–Trinajstić information content (AvgIpc) is 2.62. The monoisotopic (exact) mass is 365 g/mol. The predicted octanol–water partition coefficient (Wildman–Crippen LogP) is 1.66. The number of para-hydroxylation sites is 1. The summed E-state index contributed by atoms with van der Waals surface area (Å²) in [5.74, 6) is -0.509. The van der Waals surface area contributed by atoms with Gasteiger partial charge in [-0.3, -0.25) is 4.79 Å². The van der Waals surface area contributed by atoms with Gasteiger partial charge < -0.3 is 5.32 Å². The smallest absolute Gasteiger partial charge is 0.228 e. The number of sulfone groups is 1. The van der Waals surface area contributed by atoms with Crippen LogP contribution in [0.5, 0.6) is 0 Å². The van der Waals surface area contributed by atoms with E-state index in [0.29, 0.717) is 6.42 Å². The zero-order chi connectivity index (χ0) is 12.5. The lowest BCUT2D eigenvalue weighted by molar-refractivity contribution is -0.119. The van der Waals surface area contributed by atoms with Gasteiger partial charge in [0, 0.05) is 3.57 Å². The highest BCUT2D eigenvalue weighted by atomic mass is 127. The normalized spacial score (nSPS) is 22.3. The molecule has 2 rings (SSSR count). The van der Waals surface area contributed by atoms with E-state index in [1.54, 1.807) is 0 Å². The Morgan fingerprint density at radius 2 is 2.06 bits per heavy atom. The summed E-state index contributed by atoms with van der Waals surface area (Å²) in [5.41, 5.74) is 0.738. The Morgan fingerprint density at radius 1 is 1.35 bits per heavy atom. The van der Waals surface area contributed by atoms with Crippen LogP contribution >= 0.6 is 22.6 Å². The van der Waals surface area contributed by atoms with E-state index in [0.717, 1.165) is 9.26 Å². The molecule has 0 spiro atoms. The molecule has 1 atom stereocenters. The zero-order valence-electron chi connectivity index (χ0n) is 9.02. The standard InChI is InChI=1S/C11H12INO3S/c12-9-3-1-2-4-10(9)13-11(14)8-5-6-17(15,16)7-8/h1-4,8H,5-7H2,(H,13,14). The maximum Gasteiger partial charge on any atom is 0.228 e. The third-order valence-electron chi connectivity index (χ3n) is 2.73. The van der Waals surface area contributed by atoms with Crippen molar-refractivity contribution < 1.29 is 13.2 Å². The molecule has 1 heterocycles. The molecule has 4 nitrogen and oxygen atoms in total. The number of amides is 1. The molecule has 0 aromatic heterocycles. The number of carbonyl (C=O) groups excluding carboxylic acids is 1. The van der Waals surface area contributed by atoms with Crippen molar-refractivity contribution in [1.29, 1.82) is 0 Å². The summed E-state index contributed by atoms with van der Waals surface area (Å²) in [7, 11) is -3.01. The van der Waals surface area contributed by atoms with Crippen molar-refractivity contribution in [2.45, 2.75) is 6.42 Å². The Kier molecular flexibility index (Phi) is 3.72. The number of hydrogen-bond donors (Lipinski definition) is 1. The maximum atomic E-state index is 11.9. The molecule has 1 aromatic rings. The molecule has 1 fully saturated rings. The lowest BCUT2D eigenvalue weighted by Crippen LogP contribution is -2.24. The number of halogens is 1. The summed E-state index contributed by atoms with van der Waals surface area (Å²) in [6, 6.07) is 7.42. The second-order valence-corrected chi connectivity index (χ2v) is 7.46. The maximum absolute atomic E-state index is 11.9. The van der Waals surface area contributed by atoms with Crippen molar-refractivity contribution in [1.82, 2.24) is 0 Å². The van der Waals surface area contributed by atoms with Gasteiger partial charge in [0.15, 0.2) is 9.84 Å². The highest BCUT2D eigenvalue weighted by Gasteiger charge is 2.33. The molecule has 1 saturated heterocycles. The van der Waals surface area contributed by atoms with Crippen LogP contribution in [-0.4, -0.2) is 25.8 Å². The summed E-state index contributed by atoms with van der Waals surface area (Å²) in [4.78, 5) is 11.9. The van der Waals surface area contributed by atoms with Crippen LogP contribution in [0.1, 0.15) is 6.42 Å². The van der Waals surface area contributed by atoms with E-state index in [4.69, 9.17) is 0 Å². The molecule has 92 valence electrons. The zero-order valence-corrected chi connectivity index (χ0v) is 12.0. The van der Waals surface area contributed by atoms with Gasteiger partial charge >= 0.3 is 0 Å². The third-order valence-corrected chi connectivity index (χ3v) is 5.44.